The normalized spacial score (nSPS) is 14.1. The molecular formula is C13H20O. The molecule has 1 atom stereocenters. The average molecular weight is 192 g/mol. The van der Waals surface area contributed by atoms with Crippen molar-refractivity contribution in [3.8, 4) is 0 Å². The van der Waals surface area contributed by atoms with Crippen molar-refractivity contribution in [2.45, 2.75) is 46.1 Å². The smallest absolute Gasteiger partial charge is 0.0657 e. The molecule has 14 heavy (non-hydrogen) atoms. The summed E-state index contributed by atoms with van der Waals surface area (Å²) in [7, 11) is 0. The molecule has 1 N–H and O–H groups in total. The Labute approximate surface area is 86.8 Å². The lowest BCUT2D eigenvalue weighted by Crippen LogP contribution is -2.26. The first-order valence-electron chi connectivity index (χ1n) is 5.12. The maximum Gasteiger partial charge on any atom is 0.0657 e. The van der Waals surface area contributed by atoms with Gasteiger partial charge in [0.25, 0.3) is 0 Å². The summed E-state index contributed by atoms with van der Waals surface area (Å²) in [6.07, 6.45) is 0. The van der Waals surface area contributed by atoms with Gasteiger partial charge in [-0.25, -0.2) is 0 Å². The lowest BCUT2D eigenvalue weighted by Gasteiger charge is -2.26. The standard InChI is InChI=1S/C13H20O/c1-9-6-7-12(8-10(9)2)11(3)13(4,5)14/h6-8,11,14H,1-5H3/t11-/m0/s1. The minimum absolute atomic E-state index is 0.168. The molecule has 0 amide bonds. The van der Waals surface area contributed by atoms with Gasteiger partial charge in [0.15, 0.2) is 0 Å². The summed E-state index contributed by atoms with van der Waals surface area (Å²) in [6.45, 7) is 9.98. The van der Waals surface area contributed by atoms with Crippen LogP contribution in [0.1, 0.15) is 43.4 Å². The Hall–Kier alpha value is -0.820. The predicted octanol–water partition coefficient (Wildman–Crippen LogP) is 3.18. The lowest BCUT2D eigenvalue weighted by atomic mass is 9.85. The summed E-state index contributed by atoms with van der Waals surface area (Å²) in [4.78, 5) is 0. The highest BCUT2D eigenvalue weighted by Gasteiger charge is 2.23. The Morgan fingerprint density at radius 3 is 2.14 bits per heavy atom. The molecular weight excluding hydrogens is 172 g/mol. The summed E-state index contributed by atoms with van der Waals surface area (Å²) < 4.78 is 0. The zero-order valence-electron chi connectivity index (χ0n) is 9.76. The van der Waals surface area contributed by atoms with E-state index in [1.54, 1.807) is 0 Å². The monoisotopic (exact) mass is 192 g/mol. The Kier molecular flexibility index (Phi) is 3.01. The van der Waals surface area contributed by atoms with Gasteiger partial charge in [0.2, 0.25) is 0 Å². The number of hydrogen-bond donors (Lipinski definition) is 1. The van der Waals surface area contributed by atoms with Crippen molar-refractivity contribution in [1.82, 2.24) is 0 Å². The quantitative estimate of drug-likeness (QED) is 0.763. The predicted molar refractivity (Wildman–Crippen MR) is 60.6 cm³/mol. The second kappa shape index (κ2) is 3.74. The first-order chi connectivity index (χ1) is 6.32. The molecule has 0 heterocycles. The Balaban J connectivity index is 3.03. The Bertz CT molecular complexity index is 320. The zero-order chi connectivity index (χ0) is 10.9. The van der Waals surface area contributed by atoms with E-state index in [1.165, 1.54) is 16.7 Å². The SMILES string of the molecule is Cc1ccc([C@H](C)C(C)(C)O)cc1C. The molecule has 0 saturated carbocycles. The van der Waals surface area contributed by atoms with E-state index in [9.17, 15) is 5.11 Å². The van der Waals surface area contributed by atoms with E-state index in [4.69, 9.17) is 0 Å². The van der Waals surface area contributed by atoms with Crippen LogP contribution in [-0.2, 0) is 0 Å². The summed E-state index contributed by atoms with van der Waals surface area (Å²) in [5, 5.41) is 9.90. The second-order valence-corrected chi connectivity index (χ2v) is 4.72. The molecule has 1 rings (SSSR count). The average Bonchev–Trinajstić information content (AvgIpc) is 2.07. The van der Waals surface area contributed by atoms with Gasteiger partial charge in [0.1, 0.15) is 0 Å². The van der Waals surface area contributed by atoms with E-state index in [2.05, 4.69) is 39.0 Å². The minimum Gasteiger partial charge on any atom is -0.390 e. The van der Waals surface area contributed by atoms with Crippen LogP contribution in [-0.4, -0.2) is 10.7 Å². The molecule has 0 aliphatic rings. The number of rotatable bonds is 2. The number of benzene rings is 1. The van der Waals surface area contributed by atoms with Crippen LogP contribution in [0.3, 0.4) is 0 Å². The van der Waals surface area contributed by atoms with Crippen LogP contribution in [0.5, 0.6) is 0 Å². The summed E-state index contributed by atoms with van der Waals surface area (Å²) >= 11 is 0. The van der Waals surface area contributed by atoms with Crippen LogP contribution in [0.4, 0.5) is 0 Å². The number of hydrogen-bond acceptors (Lipinski definition) is 1. The van der Waals surface area contributed by atoms with Gasteiger partial charge in [-0.2, -0.15) is 0 Å². The van der Waals surface area contributed by atoms with E-state index >= 15 is 0 Å². The van der Waals surface area contributed by atoms with E-state index in [1.807, 2.05) is 13.8 Å². The fraction of sp³-hybridized carbons (Fsp3) is 0.538. The third kappa shape index (κ3) is 2.36. The molecule has 0 bridgehead atoms. The molecule has 0 aliphatic carbocycles. The van der Waals surface area contributed by atoms with Gasteiger partial charge in [0, 0.05) is 5.92 Å². The maximum atomic E-state index is 9.90. The van der Waals surface area contributed by atoms with Gasteiger partial charge in [-0.15, -0.1) is 0 Å². The van der Waals surface area contributed by atoms with Crippen molar-refractivity contribution in [2.24, 2.45) is 0 Å². The summed E-state index contributed by atoms with van der Waals surface area (Å²) in [5.41, 5.74) is 3.15. The topological polar surface area (TPSA) is 20.2 Å². The zero-order valence-corrected chi connectivity index (χ0v) is 9.76. The van der Waals surface area contributed by atoms with Crippen LogP contribution in [0.25, 0.3) is 0 Å². The van der Waals surface area contributed by atoms with Crippen molar-refractivity contribution in [2.75, 3.05) is 0 Å². The fourth-order valence-corrected chi connectivity index (χ4v) is 1.44. The fourth-order valence-electron chi connectivity index (χ4n) is 1.44. The van der Waals surface area contributed by atoms with E-state index < -0.39 is 5.60 Å². The van der Waals surface area contributed by atoms with Gasteiger partial charge in [-0.05, 0) is 44.4 Å². The molecule has 1 heteroatoms. The van der Waals surface area contributed by atoms with E-state index in [-0.39, 0.29) is 5.92 Å². The van der Waals surface area contributed by atoms with Crippen LogP contribution in [0.15, 0.2) is 18.2 Å². The van der Waals surface area contributed by atoms with Crippen LogP contribution < -0.4 is 0 Å². The molecule has 78 valence electrons. The molecule has 0 aromatic heterocycles. The molecule has 0 saturated heterocycles. The van der Waals surface area contributed by atoms with E-state index in [0.29, 0.717) is 0 Å². The molecule has 0 radical (unpaired) electrons. The Morgan fingerprint density at radius 2 is 1.71 bits per heavy atom. The summed E-state index contributed by atoms with van der Waals surface area (Å²) in [5.74, 6) is 0.168. The first kappa shape index (κ1) is 11.3. The van der Waals surface area contributed by atoms with Crippen molar-refractivity contribution < 1.29 is 5.11 Å². The molecule has 0 unspecified atom stereocenters. The highest BCUT2D eigenvalue weighted by atomic mass is 16.3. The molecule has 1 aromatic rings. The van der Waals surface area contributed by atoms with Gasteiger partial charge in [0.05, 0.1) is 5.60 Å². The maximum absolute atomic E-state index is 9.90. The number of aliphatic hydroxyl groups is 1. The third-order valence-electron chi connectivity index (χ3n) is 3.09. The molecule has 1 nitrogen and oxygen atoms in total. The highest BCUT2D eigenvalue weighted by Crippen LogP contribution is 2.28. The van der Waals surface area contributed by atoms with Crippen LogP contribution >= 0.6 is 0 Å². The summed E-state index contributed by atoms with van der Waals surface area (Å²) in [6, 6.07) is 6.38. The van der Waals surface area contributed by atoms with Gasteiger partial charge in [-0.1, -0.05) is 25.1 Å². The van der Waals surface area contributed by atoms with Crippen molar-refractivity contribution >= 4 is 0 Å². The Morgan fingerprint density at radius 1 is 1.14 bits per heavy atom. The third-order valence-corrected chi connectivity index (χ3v) is 3.09. The van der Waals surface area contributed by atoms with Crippen LogP contribution in [0.2, 0.25) is 0 Å². The lowest BCUT2D eigenvalue weighted by molar-refractivity contribution is 0.0559. The first-order valence-corrected chi connectivity index (χ1v) is 5.12. The van der Waals surface area contributed by atoms with Crippen molar-refractivity contribution in [3.63, 3.8) is 0 Å². The molecule has 0 aliphatic heterocycles. The molecule has 0 spiro atoms. The second-order valence-electron chi connectivity index (χ2n) is 4.72. The van der Waals surface area contributed by atoms with Gasteiger partial charge in [-0.3, -0.25) is 0 Å². The van der Waals surface area contributed by atoms with Gasteiger partial charge >= 0.3 is 0 Å². The largest absolute Gasteiger partial charge is 0.390 e. The van der Waals surface area contributed by atoms with Crippen LogP contribution in [0, 0.1) is 13.8 Å². The molecule has 1 aromatic carbocycles. The van der Waals surface area contributed by atoms with Crippen molar-refractivity contribution in [1.29, 1.82) is 0 Å². The molecule has 0 fully saturated rings. The minimum atomic E-state index is -0.651. The van der Waals surface area contributed by atoms with E-state index in [0.717, 1.165) is 0 Å². The highest BCUT2D eigenvalue weighted by molar-refractivity contribution is 5.32. The van der Waals surface area contributed by atoms with Crippen molar-refractivity contribution in [3.05, 3.63) is 34.9 Å². The van der Waals surface area contributed by atoms with Gasteiger partial charge < -0.3 is 5.11 Å². The number of aryl methyl sites for hydroxylation is 2.